The van der Waals surface area contributed by atoms with E-state index in [4.69, 9.17) is 21.4 Å². The molecule has 5 nitrogen and oxygen atoms in total. The Labute approximate surface area is 122 Å². The molecule has 1 unspecified atom stereocenters. The first-order chi connectivity index (χ1) is 9.35. The highest BCUT2D eigenvalue weighted by Crippen LogP contribution is 2.24. The molecule has 0 saturated heterocycles. The van der Waals surface area contributed by atoms with Crippen molar-refractivity contribution in [3.63, 3.8) is 0 Å². The Kier molecular flexibility index (Phi) is 5.82. The third-order valence-corrected chi connectivity index (χ3v) is 3.02. The minimum absolute atomic E-state index is 0.163. The van der Waals surface area contributed by atoms with E-state index < -0.39 is 17.9 Å². The molecule has 0 spiro atoms. The summed E-state index contributed by atoms with van der Waals surface area (Å²) in [4.78, 5) is 23.1. The molecule has 110 valence electrons. The zero-order valence-corrected chi connectivity index (χ0v) is 12.4. The van der Waals surface area contributed by atoms with E-state index in [-0.39, 0.29) is 5.92 Å². The number of nitrogens with one attached hydrogen (secondary N) is 1. The highest BCUT2D eigenvalue weighted by atomic mass is 35.5. The number of carbonyl (C=O) groups is 2. The molecule has 0 fully saturated rings. The standard InChI is InChI=1S/C14H18ClNO4/c1-8(2)6-11(14(18)19)16-13(17)9-4-5-12(20-3)10(15)7-9/h4-5,7-8,11H,6H2,1-3H3,(H,16,17)(H,18,19). The van der Waals surface area contributed by atoms with Crippen LogP contribution in [0.1, 0.15) is 30.6 Å². The molecule has 6 heteroatoms. The number of halogens is 1. The van der Waals surface area contributed by atoms with Crippen molar-refractivity contribution in [1.82, 2.24) is 5.32 Å². The lowest BCUT2D eigenvalue weighted by Crippen LogP contribution is -2.41. The van der Waals surface area contributed by atoms with Gasteiger partial charge in [0.15, 0.2) is 0 Å². The molecule has 0 aliphatic rings. The average Bonchev–Trinajstić information content (AvgIpc) is 2.37. The van der Waals surface area contributed by atoms with Crippen LogP contribution in [0, 0.1) is 5.92 Å². The van der Waals surface area contributed by atoms with Crippen molar-refractivity contribution in [3.05, 3.63) is 28.8 Å². The van der Waals surface area contributed by atoms with Gasteiger partial charge < -0.3 is 15.2 Å². The summed E-state index contributed by atoms with van der Waals surface area (Å²) < 4.78 is 4.99. The van der Waals surface area contributed by atoms with E-state index in [2.05, 4.69) is 5.32 Å². The van der Waals surface area contributed by atoms with E-state index in [0.29, 0.717) is 22.8 Å². The Bertz CT molecular complexity index is 502. The van der Waals surface area contributed by atoms with Crippen LogP contribution in [-0.4, -0.2) is 30.1 Å². The summed E-state index contributed by atoms with van der Waals surface area (Å²) in [7, 11) is 1.48. The minimum Gasteiger partial charge on any atom is -0.495 e. The van der Waals surface area contributed by atoms with Gasteiger partial charge in [0, 0.05) is 5.56 Å². The number of aliphatic carboxylic acids is 1. The molecule has 0 aliphatic carbocycles. The van der Waals surface area contributed by atoms with E-state index in [0.717, 1.165) is 0 Å². The van der Waals surface area contributed by atoms with Gasteiger partial charge in [-0.1, -0.05) is 25.4 Å². The molecule has 1 aromatic rings. The van der Waals surface area contributed by atoms with Crippen LogP contribution in [0.15, 0.2) is 18.2 Å². The van der Waals surface area contributed by atoms with E-state index in [1.165, 1.54) is 19.2 Å². The lowest BCUT2D eigenvalue weighted by Gasteiger charge is -2.16. The monoisotopic (exact) mass is 299 g/mol. The number of carboxylic acid groups (broad SMARTS) is 1. The molecule has 0 bridgehead atoms. The van der Waals surface area contributed by atoms with Gasteiger partial charge in [-0.15, -0.1) is 0 Å². The maximum Gasteiger partial charge on any atom is 0.326 e. The van der Waals surface area contributed by atoms with Gasteiger partial charge in [-0.3, -0.25) is 4.79 Å². The molecule has 0 saturated carbocycles. The van der Waals surface area contributed by atoms with Gasteiger partial charge in [0.2, 0.25) is 0 Å². The first kappa shape index (κ1) is 16.3. The summed E-state index contributed by atoms with van der Waals surface area (Å²) >= 11 is 5.94. The summed E-state index contributed by atoms with van der Waals surface area (Å²) in [6.45, 7) is 3.79. The van der Waals surface area contributed by atoms with Crippen molar-refractivity contribution in [1.29, 1.82) is 0 Å². The Hall–Kier alpha value is -1.75. The number of ether oxygens (including phenoxy) is 1. The van der Waals surface area contributed by atoms with E-state index in [1.807, 2.05) is 13.8 Å². The fourth-order valence-electron chi connectivity index (χ4n) is 1.74. The van der Waals surface area contributed by atoms with Gasteiger partial charge in [-0.25, -0.2) is 4.79 Å². The largest absolute Gasteiger partial charge is 0.495 e. The van der Waals surface area contributed by atoms with Gasteiger partial charge in [-0.2, -0.15) is 0 Å². The van der Waals surface area contributed by atoms with Crippen molar-refractivity contribution < 1.29 is 19.4 Å². The zero-order valence-electron chi connectivity index (χ0n) is 11.6. The number of benzene rings is 1. The lowest BCUT2D eigenvalue weighted by molar-refractivity contribution is -0.139. The Morgan fingerprint density at radius 3 is 2.50 bits per heavy atom. The maximum absolute atomic E-state index is 12.0. The average molecular weight is 300 g/mol. The number of rotatable bonds is 6. The van der Waals surface area contributed by atoms with Gasteiger partial charge in [-0.05, 0) is 30.5 Å². The van der Waals surface area contributed by atoms with Crippen molar-refractivity contribution in [3.8, 4) is 5.75 Å². The molecular formula is C14H18ClNO4. The van der Waals surface area contributed by atoms with Gasteiger partial charge in [0.1, 0.15) is 11.8 Å². The van der Waals surface area contributed by atoms with Crippen molar-refractivity contribution in [2.75, 3.05) is 7.11 Å². The number of carboxylic acids is 1. The third-order valence-electron chi connectivity index (χ3n) is 2.72. The van der Waals surface area contributed by atoms with Gasteiger partial charge >= 0.3 is 5.97 Å². The molecule has 2 N–H and O–H groups in total. The summed E-state index contributed by atoms with van der Waals surface area (Å²) in [6, 6.07) is 3.64. The molecule has 0 heterocycles. The van der Waals surface area contributed by atoms with Crippen LogP contribution in [-0.2, 0) is 4.79 Å². The Morgan fingerprint density at radius 1 is 1.40 bits per heavy atom. The number of hydrogen-bond donors (Lipinski definition) is 2. The van der Waals surface area contributed by atoms with Gasteiger partial charge in [0.05, 0.1) is 12.1 Å². The molecule has 1 amide bonds. The normalized spacial score (nSPS) is 12.1. The zero-order chi connectivity index (χ0) is 15.3. The summed E-state index contributed by atoms with van der Waals surface area (Å²) in [5, 5.41) is 11.9. The van der Waals surface area contributed by atoms with E-state index >= 15 is 0 Å². The fourth-order valence-corrected chi connectivity index (χ4v) is 2.00. The first-order valence-corrected chi connectivity index (χ1v) is 6.60. The van der Waals surface area contributed by atoms with Gasteiger partial charge in [0.25, 0.3) is 5.91 Å². The van der Waals surface area contributed by atoms with Crippen LogP contribution in [0.5, 0.6) is 5.75 Å². The molecule has 0 aromatic heterocycles. The van der Waals surface area contributed by atoms with Crippen LogP contribution in [0.2, 0.25) is 5.02 Å². The van der Waals surface area contributed by atoms with Crippen molar-refractivity contribution in [2.24, 2.45) is 5.92 Å². The quantitative estimate of drug-likeness (QED) is 0.846. The van der Waals surface area contributed by atoms with Crippen LogP contribution in [0.3, 0.4) is 0 Å². The molecular weight excluding hydrogens is 282 g/mol. The predicted octanol–water partition coefficient (Wildman–Crippen LogP) is 2.58. The maximum atomic E-state index is 12.0. The molecule has 20 heavy (non-hydrogen) atoms. The molecule has 0 radical (unpaired) electrons. The molecule has 1 atom stereocenters. The van der Waals surface area contributed by atoms with Crippen LogP contribution < -0.4 is 10.1 Å². The second-order valence-electron chi connectivity index (χ2n) is 4.84. The summed E-state index contributed by atoms with van der Waals surface area (Å²) in [5.41, 5.74) is 0.297. The van der Waals surface area contributed by atoms with Crippen LogP contribution >= 0.6 is 11.6 Å². The lowest BCUT2D eigenvalue weighted by atomic mass is 10.0. The highest BCUT2D eigenvalue weighted by molar-refractivity contribution is 6.32. The van der Waals surface area contributed by atoms with Crippen molar-refractivity contribution in [2.45, 2.75) is 26.3 Å². The van der Waals surface area contributed by atoms with Crippen LogP contribution in [0.25, 0.3) is 0 Å². The predicted molar refractivity (Wildman–Crippen MR) is 76.3 cm³/mol. The number of carbonyl (C=O) groups excluding carboxylic acids is 1. The topological polar surface area (TPSA) is 75.6 Å². The first-order valence-electron chi connectivity index (χ1n) is 6.22. The number of methoxy groups -OCH3 is 1. The molecule has 1 aromatic carbocycles. The second kappa shape index (κ2) is 7.14. The number of hydrogen-bond acceptors (Lipinski definition) is 3. The Morgan fingerprint density at radius 2 is 2.05 bits per heavy atom. The Balaban J connectivity index is 2.83. The highest BCUT2D eigenvalue weighted by Gasteiger charge is 2.22. The molecule has 0 aliphatic heterocycles. The summed E-state index contributed by atoms with van der Waals surface area (Å²) in [5.74, 6) is -0.898. The number of amides is 1. The van der Waals surface area contributed by atoms with Crippen LogP contribution in [0.4, 0.5) is 0 Å². The minimum atomic E-state index is -1.05. The van der Waals surface area contributed by atoms with E-state index in [1.54, 1.807) is 6.07 Å². The summed E-state index contributed by atoms with van der Waals surface area (Å²) in [6.07, 6.45) is 0.366. The van der Waals surface area contributed by atoms with E-state index in [9.17, 15) is 9.59 Å². The third kappa shape index (κ3) is 4.42. The SMILES string of the molecule is COc1ccc(C(=O)NC(CC(C)C)C(=O)O)cc1Cl. The fraction of sp³-hybridized carbons (Fsp3) is 0.429. The second-order valence-corrected chi connectivity index (χ2v) is 5.25. The van der Waals surface area contributed by atoms with Crippen molar-refractivity contribution >= 4 is 23.5 Å². The smallest absolute Gasteiger partial charge is 0.326 e. The molecule has 1 rings (SSSR count).